The van der Waals surface area contributed by atoms with Crippen LogP contribution in [-0.2, 0) is 20.9 Å². The maximum absolute atomic E-state index is 13.5. The van der Waals surface area contributed by atoms with Crippen LogP contribution in [0, 0.1) is 0 Å². The largest absolute Gasteiger partial charge is 0.467 e. The van der Waals surface area contributed by atoms with Crippen molar-refractivity contribution in [3.8, 4) is 0 Å². The third kappa shape index (κ3) is 3.93. The zero-order valence-corrected chi connectivity index (χ0v) is 12.1. The zero-order valence-electron chi connectivity index (χ0n) is 12.1. The lowest BCUT2D eigenvalue weighted by Crippen LogP contribution is -2.53. The lowest BCUT2D eigenvalue weighted by molar-refractivity contribution is -0.155. The molecule has 1 atom stereocenters. The number of ether oxygens (including phenoxy) is 2. The predicted octanol–water partition coefficient (Wildman–Crippen LogP) is 2.60. The Morgan fingerprint density at radius 1 is 1.32 bits per heavy atom. The third-order valence-electron chi connectivity index (χ3n) is 3.50. The van der Waals surface area contributed by atoms with Gasteiger partial charge in [0.25, 0.3) is 5.92 Å². The summed E-state index contributed by atoms with van der Waals surface area (Å²) in [5.74, 6) is -3.86. The van der Waals surface area contributed by atoms with Crippen molar-refractivity contribution in [2.75, 3.05) is 13.7 Å². The second-order valence-electron chi connectivity index (χ2n) is 5.08. The molecule has 0 spiro atoms. The van der Waals surface area contributed by atoms with Crippen LogP contribution in [0.3, 0.4) is 0 Å². The smallest absolute Gasteiger partial charge is 0.410 e. The number of carbonyl (C=O) groups is 2. The van der Waals surface area contributed by atoms with E-state index in [2.05, 4.69) is 4.74 Å². The molecule has 0 saturated carbocycles. The lowest BCUT2D eigenvalue weighted by atomic mass is 9.99. The molecule has 7 heteroatoms. The van der Waals surface area contributed by atoms with Crippen molar-refractivity contribution in [2.24, 2.45) is 0 Å². The van der Waals surface area contributed by atoms with Gasteiger partial charge in [0, 0.05) is 19.4 Å². The van der Waals surface area contributed by atoms with E-state index < -0.39 is 36.9 Å². The van der Waals surface area contributed by atoms with Crippen molar-refractivity contribution in [3.63, 3.8) is 0 Å². The Morgan fingerprint density at radius 3 is 2.64 bits per heavy atom. The van der Waals surface area contributed by atoms with Crippen molar-refractivity contribution in [2.45, 2.75) is 31.4 Å². The van der Waals surface area contributed by atoms with Crippen LogP contribution in [0.25, 0.3) is 0 Å². The summed E-state index contributed by atoms with van der Waals surface area (Å²) in [6.07, 6.45) is -2.05. The van der Waals surface area contributed by atoms with Crippen LogP contribution in [0.2, 0.25) is 0 Å². The molecular formula is C15H17F2NO4. The first kappa shape index (κ1) is 16.2. The summed E-state index contributed by atoms with van der Waals surface area (Å²) in [6.45, 7) is -0.235. The van der Waals surface area contributed by atoms with Gasteiger partial charge in [-0.3, -0.25) is 4.90 Å². The highest BCUT2D eigenvalue weighted by Crippen LogP contribution is 2.32. The van der Waals surface area contributed by atoms with Crippen LogP contribution >= 0.6 is 0 Å². The van der Waals surface area contributed by atoms with E-state index in [-0.39, 0.29) is 13.2 Å². The standard InChI is InChI=1S/C15H17F2NO4/c1-21-13(19)12-9-15(16,17)7-8-18(12)14(20)22-10-11-5-3-2-4-6-11/h2-6,12H,7-10H2,1H3/t12-/m0/s1. The number of nitrogens with zero attached hydrogens (tertiary/aromatic N) is 1. The van der Waals surface area contributed by atoms with E-state index in [0.29, 0.717) is 0 Å². The number of hydrogen-bond acceptors (Lipinski definition) is 4. The van der Waals surface area contributed by atoms with Gasteiger partial charge >= 0.3 is 12.1 Å². The number of piperidine rings is 1. The van der Waals surface area contributed by atoms with Crippen LogP contribution in [-0.4, -0.2) is 42.6 Å². The summed E-state index contributed by atoms with van der Waals surface area (Å²) >= 11 is 0. The van der Waals surface area contributed by atoms with E-state index >= 15 is 0 Å². The molecule has 120 valence electrons. The fourth-order valence-corrected chi connectivity index (χ4v) is 2.30. The minimum Gasteiger partial charge on any atom is -0.467 e. The number of methoxy groups -OCH3 is 1. The fraction of sp³-hybridized carbons (Fsp3) is 0.467. The van der Waals surface area contributed by atoms with Gasteiger partial charge in [0.05, 0.1) is 7.11 Å². The molecule has 5 nitrogen and oxygen atoms in total. The van der Waals surface area contributed by atoms with Crippen molar-refractivity contribution in [3.05, 3.63) is 35.9 Å². The van der Waals surface area contributed by atoms with Crippen molar-refractivity contribution in [1.82, 2.24) is 4.90 Å². The molecule has 0 aromatic heterocycles. The first-order chi connectivity index (χ1) is 10.4. The van der Waals surface area contributed by atoms with Crippen LogP contribution in [0.1, 0.15) is 18.4 Å². The molecule has 1 aromatic rings. The molecule has 2 rings (SSSR count). The molecule has 0 radical (unpaired) electrons. The average molecular weight is 313 g/mol. The van der Waals surface area contributed by atoms with Gasteiger partial charge in [0.2, 0.25) is 0 Å². The van der Waals surface area contributed by atoms with Gasteiger partial charge in [0.15, 0.2) is 0 Å². The molecule has 1 aliphatic heterocycles. The Hall–Kier alpha value is -2.18. The minimum absolute atomic E-state index is 0.0143. The highest BCUT2D eigenvalue weighted by Gasteiger charge is 2.46. The summed E-state index contributed by atoms with van der Waals surface area (Å²) in [7, 11) is 1.10. The lowest BCUT2D eigenvalue weighted by Gasteiger charge is -2.36. The molecule has 0 N–H and O–H groups in total. The van der Waals surface area contributed by atoms with E-state index in [0.717, 1.165) is 17.6 Å². The molecule has 1 heterocycles. The van der Waals surface area contributed by atoms with Gasteiger partial charge < -0.3 is 9.47 Å². The third-order valence-corrected chi connectivity index (χ3v) is 3.50. The van der Waals surface area contributed by atoms with Gasteiger partial charge in [-0.25, -0.2) is 18.4 Å². The van der Waals surface area contributed by atoms with Gasteiger partial charge in [0.1, 0.15) is 12.6 Å². The summed E-state index contributed by atoms with van der Waals surface area (Å²) in [5, 5.41) is 0. The monoisotopic (exact) mass is 313 g/mol. The molecule has 0 bridgehead atoms. The van der Waals surface area contributed by atoms with Crippen molar-refractivity contribution >= 4 is 12.1 Å². The highest BCUT2D eigenvalue weighted by molar-refractivity contribution is 5.81. The maximum atomic E-state index is 13.5. The zero-order chi connectivity index (χ0) is 16.2. The van der Waals surface area contributed by atoms with E-state index in [1.807, 2.05) is 6.07 Å². The molecule has 1 aliphatic rings. The summed E-state index contributed by atoms with van der Waals surface area (Å²) in [4.78, 5) is 24.7. The van der Waals surface area contributed by atoms with Gasteiger partial charge in [-0.2, -0.15) is 0 Å². The molecule has 22 heavy (non-hydrogen) atoms. The van der Waals surface area contributed by atoms with Gasteiger partial charge in [-0.1, -0.05) is 30.3 Å². The second kappa shape index (κ2) is 6.72. The Morgan fingerprint density at radius 2 is 2.00 bits per heavy atom. The Kier molecular flexibility index (Phi) is 4.95. The van der Waals surface area contributed by atoms with Crippen LogP contribution in [0.15, 0.2) is 30.3 Å². The van der Waals surface area contributed by atoms with Crippen LogP contribution in [0.5, 0.6) is 0 Å². The van der Waals surface area contributed by atoms with Crippen LogP contribution in [0.4, 0.5) is 13.6 Å². The number of rotatable bonds is 3. The van der Waals surface area contributed by atoms with Gasteiger partial charge in [-0.15, -0.1) is 0 Å². The Labute approximate surface area is 126 Å². The SMILES string of the molecule is COC(=O)[C@@H]1CC(F)(F)CCN1C(=O)OCc1ccccc1. The van der Waals surface area contributed by atoms with E-state index in [9.17, 15) is 18.4 Å². The number of amides is 1. The number of hydrogen-bond donors (Lipinski definition) is 0. The van der Waals surface area contributed by atoms with Crippen molar-refractivity contribution in [1.29, 1.82) is 0 Å². The maximum Gasteiger partial charge on any atom is 0.410 e. The molecular weight excluding hydrogens is 296 g/mol. The second-order valence-corrected chi connectivity index (χ2v) is 5.08. The first-order valence-corrected chi connectivity index (χ1v) is 6.86. The Bertz CT molecular complexity index is 536. The van der Waals surface area contributed by atoms with E-state index in [1.165, 1.54) is 0 Å². The molecule has 0 unspecified atom stereocenters. The Balaban J connectivity index is 2.01. The van der Waals surface area contributed by atoms with E-state index in [1.54, 1.807) is 24.3 Å². The summed E-state index contributed by atoms with van der Waals surface area (Å²) in [5.41, 5.74) is 0.771. The number of benzene rings is 1. The highest BCUT2D eigenvalue weighted by atomic mass is 19.3. The van der Waals surface area contributed by atoms with Crippen LogP contribution < -0.4 is 0 Å². The number of alkyl halides is 2. The number of carbonyl (C=O) groups excluding carboxylic acids is 2. The molecule has 1 aromatic carbocycles. The minimum atomic E-state index is -2.99. The summed E-state index contributed by atoms with van der Waals surface area (Å²) < 4.78 is 36.5. The average Bonchev–Trinajstić information content (AvgIpc) is 2.52. The molecule has 1 fully saturated rings. The molecule has 1 amide bonds. The molecule has 1 saturated heterocycles. The fourth-order valence-electron chi connectivity index (χ4n) is 2.30. The predicted molar refractivity (Wildman–Crippen MR) is 73.3 cm³/mol. The quantitative estimate of drug-likeness (QED) is 0.805. The first-order valence-electron chi connectivity index (χ1n) is 6.86. The summed E-state index contributed by atoms with van der Waals surface area (Å²) in [6, 6.07) is 7.64. The number of halogens is 2. The van der Waals surface area contributed by atoms with Crippen molar-refractivity contribution < 1.29 is 27.8 Å². The number of likely N-dealkylation sites (tertiary alicyclic amines) is 1. The molecule has 0 aliphatic carbocycles. The van der Waals surface area contributed by atoms with E-state index in [4.69, 9.17) is 4.74 Å². The normalized spacial score (nSPS) is 20.3. The number of esters is 1. The topological polar surface area (TPSA) is 55.8 Å². The van der Waals surface area contributed by atoms with Gasteiger partial charge in [-0.05, 0) is 5.56 Å².